The normalized spacial score (nSPS) is 11.6. The molecule has 0 bridgehead atoms. The number of fused-ring (bicyclic) bond motifs is 7. The second-order valence-corrected chi connectivity index (χ2v) is 15.6. The molecule has 12 rings (SSSR count). The molecule has 0 spiro atoms. The lowest BCUT2D eigenvalue weighted by Crippen LogP contribution is -2.09. The van der Waals surface area contributed by atoms with Gasteiger partial charge in [-0.3, -0.25) is 9.59 Å². The van der Waals surface area contributed by atoms with Crippen LogP contribution < -0.4 is 20.7 Å². The smallest absolute Gasteiger partial charge is 0.200 e. The highest BCUT2D eigenvalue weighted by atomic mass is 16.3. The molecule has 0 aliphatic rings. The number of nitrogens with zero attached hydrogens (tertiary/aromatic N) is 3. The molecule has 0 saturated heterocycles. The van der Waals surface area contributed by atoms with Crippen molar-refractivity contribution in [1.82, 2.24) is 4.57 Å². The van der Waals surface area contributed by atoms with Crippen molar-refractivity contribution in [1.29, 1.82) is 0 Å². The first kappa shape index (κ1) is 36.2. The fourth-order valence-corrected chi connectivity index (χ4v) is 9.07. The quantitative estimate of drug-likeness (QED) is 0.149. The van der Waals surface area contributed by atoms with Crippen molar-refractivity contribution >= 4 is 99.8 Å². The lowest BCUT2D eigenvalue weighted by atomic mass is 10.1. The van der Waals surface area contributed by atoms with Crippen LogP contribution in [0.4, 0.5) is 34.1 Å². The van der Waals surface area contributed by atoms with Crippen molar-refractivity contribution in [3.8, 4) is 5.69 Å². The third-order valence-corrected chi connectivity index (χ3v) is 11.9. The fourth-order valence-electron chi connectivity index (χ4n) is 9.07. The van der Waals surface area contributed by atoms with E-state index in [1.165, 1.54) is 0 Å². The van der Waals surface area contributed by atoms with Gasteiger partial charge in [-0.05, 0) is 121 Å². The molecular weight excluding hydrogens is 779 g/mol. The summed E-state index contributed by atoms with van der Waals surface area (Å²) < 4.78 is 15.1. The maximum Gasteiger partial charge on any atom is 0.200 e. The summed E-state index contributed by atoms with van der Waals surface area (Å²) in [6, 6.07) is 70.7. The first-order chi connectivity index (χ1) is 31.1. The zero-order valence-corrected chi connectivity index (χ0v) is 33.7. The van der Waals surface area contributed by atoms with Crippen molar-refractivity contribution in [2.45, 2.75) is 0 Å². The van der Waals surface area contributed by atoms with Crippen LogP contribution in [0.25, 0.3) is 71.4 Å². The number of hydrogen-bond acceptors (Lipinski definition) is 6. The zero-order chi connectivity index (χ0) is 42.0. The number of para-hydroxylation sites is 6. The Hall–Kier alpha value is -8.68. The van der Waals surface area contributed by atoms with Gasteiger partial charge in [0, 0.05) is 44.9 Å². The average Bonchev–Trinajstić information content (AvgIpc) is 3.66. The molecule has 7 nitrogen and oxygen atoms in total. The summed E-state index contributed by atoms with van der Waals surface area (Å²) in [6.07, 6.45) is 0. The van der Waals surface area contributed by atoms with Gasteiger partial charge in [0.25, 0.3) is 0 Å². The van der Waals surface area contributed by atoms with Gasteiger partial charge in [0.2, 0.25) is 10.9 Å². The number of rotatable bonds is 7. The van der Waals surface area contributed by atoms with Crippen molar-refractivity contribution in [3.63, 3.8) is 0 Å². The Labute approximate surface area is 360 Å². The van der Waals surface area contributed by atoms with Crippen LogP contribution in [0.1, 0.15) is 0 Å². The van der Waals surface area contributed by atoms with E-state index in [9.17, 15) is 9.59 Å². The van der Waals surface area contributed by atoms with E-state index < -0.39 is 0 Å². The Kier molecular flexibility index (Phi) is 8.33. The predicted molar refractivity (Wildman–Crippen MR) is 257 cm³/mol. The molecule has 0 aliphatic carbocycles. The minimum Gasteiger partial charge on any atom is -0.456 e. The predicted octanol–water partition coefficient (Wildman–Crippen LogP) is 14.2. The first-order valence-electron chi connectivity index (χ1n) is 20.8. The van der Waals surface area contributed by atoms with Gasteiger partial charge >= 0.3 is 0 Å². The monoisotopic (exact) mass is 813 g/mol. The van der Waals surface area contributed by atoms with Gasteiger partial charge in [-0.1, -0.05) is 91.0 Å². The highest BCUT2D eigenvalue weighted by Crippen LogP contribution is 2.43. The molecular formula is C56H35N3O4. The molecule has 63 heavy (non-hydrogen) atoms. The van der Waals surface area contributed by atoms with E-state index in [1.54, 1.807) is 30.3 Å². The molecule has 0 unspecified atom stereocenters. The second-order valence-electron chi connectivity index (χ2n) is 15.6. The van der Waals surface area contributed by atoms with E-state index in [-0.39, 0.29) is 10.9 Å². The van der Waals surface area contributed by atoms with Crippen LogP contribution in [0.3, 0.4) is 0 Å². The summed E-state index contributed by atoms with van der Waals surface area (Å²) in [5.41, 5.74) is 9.79. The second kappa shape index (κ2) is 14.5. The fraction of sp³-hybridized carbons (Fsp3) is 0. The Morgan fingerprint density at radius 1 is 0.317 bits per heavy atom. The maximum absolute atomic E-state index is 14.5. The van der Waals surface area contributed by atoms with E-state index in [0.717, 1.165) is 55.9 Å². The van der Waals surface area contributed by atoms with Gasteiger partial charge < -0.3 is 23.2 Å². The lowest BCUT2D eigenvalue weighted by Gasteiger charge is -2.26. The molecule has 0 saturated carbocycles. The van der Waals surface area contributed by atoms with Crippen LogP contribution in [0.5, 0.6) is 0 Å². The van der Waals surface area contributed by atoms with Crippen LogP contribution in [0.2, 0.25) is 0 Å². The molecule has 0 fully saturated rings. The van der Waals surface area contributed by atoms with Gasteiger partial charge in [-0.15, -0.1) is 0 Å². The Morgan fingerprint density at radius 3 is 1.25 bits per heavy atom. The summed E-state index contributed by atoms with van der Waals surface area (Å²) in [4.78, 5) is 32.8. The van der Waals surface area contributed by atoms with E-state index >= 15 is 0 Å². The highest BCUT2D eigenvalue weighted by molar-refractivity contribution is 6.13. The van der Waals surface area contributed by atoms with Gasteiger partial charge in [0.1, 0.15) is 16.7 Å². The lowest BCUT2D eigenvalue weighted by molar-refractivity contribution is 0.651. The van der Waals surface area contributed by atoms with E-state index in [0.29, 0.717) is 49.6 Å². The van der Waals surface area contributed by atoms with Crippen LogP contribution in [0, 0.1) is 0 Å². The van der Waals surface area contributed by atoms with Gasteiger partial charge in [0.15, 0.2) is 5.58 Å². The van der Waals surface area contributed by atoms with E-state index in [2.05, 4.69) is 148 Å². The minimum atomic E-state index is -0.209. The van der Waals surface area contributed by atoms with Crippen LogP contribution in [0.15, 0.2) is 231 Å². The summed E-state index contributed by atoms with van der Waals surface area (Å²) in [5, 5.41) is 3.60. The average molecular weight is 814 g/mol. The number of aromatic nitrogens is 1. The maximum atomic E-state index is 14.5. The molecule has 298 valence electrons. The summed E-state index contributed by atoms with van der Waals surface area (Å²) in [5.74, 6) is 0. The summed E-state index contributed by atoms with van der Waals surface area (Å²) >= 11 is 0. The minimum absolute atomic E-state index is 0.182. The zero-order valence-electron chi connectivity index (χ0n) is 33.7. The molecule has 7 heteroatoms. The Bertz CT molecular complexity index is 3620. The third kappa shape index (κ3) is 5.90. The highest BCUT2D eigenvalue weighted by Gasteiger charge is 2.23. The molecule has 12 aromatic rings. The molecule has 3 heterocycles. The van der Waals surface area contributed by atoms with Gasteiger partial charge in [0.05, 0.1) is 38.3 Å². The molecule has 0 amide bonds. The van der Waals surface area contributed by atoms with Crippen molar-refractivity contribution in [3.05, 3.63) is 233 Å². The molecule has 9 aromatic carbocycles. The summed E-state index contributed by atoms with van der Waals surface area (Å²) in [7, 11) is 0. The first-order valence-corrected chi connectivity index (χ1v) is 20.8. The largest absolute Gasteiger partial charge is 0.456 e. The van der Waals surface area contributed by atoms with E-state index in [1.807, 2.05) is 48.5 Å². The molecule has 3 aromatic heterocycles. The van der Waals surface area contributed by atoms with E-state index in [4.69, 9.17) is 8.83 Å². The van der Waals surface area contributed by atoms with Gasteiger partial charge in [-0.2, -0.15) is 0 Å². The van der Waals surface area contributed by atoms with Crippen molar-refractivity contribution in [2.24, 2.45) is 0 Å². The number of benzene rings is 9. The topological polar surface area (TPSA) is 71.8 Å². The number of anilines is 6. The third-order valence-electron chi connectivity index (χ3n) is 11.9. The van der Waals surface area contributed by atoms with Gasteiger partial charge in [-0.25, -0.2) is 0 Å². The molecule has 0 N–H and O–H groups in total. The van der Waals surface area contributed by atoms with Crippen LogP contribution in [-0.2, 0) is 0 Å². The standard InChI is InChI=1S/C56H35N3O4/c60-54-42-24-13-14-27-51(42)62-52-34-47-53(35-46(52)54)63-56-43(55(47)61)25-15-26-50(56)59-48-30-28-40(57(36-16-5-1-6-17-36)37-18-7-2-8-19-37)32-44(48)45-33-41(29-31-49(45)59)58(38-20-9-3-10-21-38)39-22-11-4-12-23-39/h1-35H. The summed E-state index contributed by atoms with van der Waals surface area (Å²) in [6.45, 7) is 0. The van der Waals surface area contributed by atoms with Crippen molar-refractivity contribution < 1.29 is 8.83 Å². The van der Waals surface area contributed by atoms with Crippen LogP contribution in [-0.4, -0.2) is 4.57 Å². The Balaban J connectivity index is 1.14. The molecule has 0 aliphatic heterocycles. The Morgan fingerprint density at radius 2 is 0.746 bits per heavy atom. The number of hydrogen-bond donors (Lipinski definition) is 0. The molecule has 0 radical (unpaired) electrons. The molecule has 0 atom stereocenters. The van der Waals surface area contributed by atoms with Crippen LogP contribution >= 0.6 is 0 Å². The SMILES string of the molecule is O=c1c2ccccc2oc2cc3c(=O)c4cccc(-n5c6ccc(N(c7ccccc7)c7ccccc7)cc6c6cc(N(c7ccccc7)c7ccccc7)ccc65)c4oc3cc12. The van der Waals surface area contributed by atoms with Crippen molar-refractivity contribution in [2.75, 3.05) is 9.80 Å².